The molecule has 4 aliphatic rings. The number of carbonyl (C=O) groups excluding carboxylic acids is 1. The number of hydrogen-bond acceptors (Lipinski definition) is 6. The van der Waals surface area contributed by atoms with Crippen molar-refractivity contribution in [1.82, 2.24) is 9.80 Å². The van der Waals surface area contributed by atoms with Crippen LogP contribution in [0.25, 0.3) is 0 Å². The minimum atomic E-state index is -0.516. The quantitative estimate of drug-likeness (QED) is 0.812. The molecule has 1 aromatic carbocycles. The van der Waals surface area contributed by atoms with E-state index in [9.17, 15) is 9.90 Å². The van der Waals surface area contributed by atoms with Crippen LogP contribution in [0.5, 0.6) is 17.2 Å². The van der Waals surface area contributed by atoms with Crippen LogP contribution in [0.15, 0.2) is 18.2 Å². The highest BCUT2D eigenvalue weighted by molar-refractivity contribution is 5.78. The predicted molar refractivity (Wildman–Crippen MR) is 111 cm³/mol. The third-order valence-electron chi connectivity index (χ3n) is 7.13. The number of rotatable bonds is 4. The summed E-state index contributed by atoms with van der Waals surface area (Å²) in [6.45, 7) is 4.40. The van der Waals surface area contributed by atoms with E-state index in [-0.39, 0.29) is 18.8 Å². The molecule has 3 aliphatic heterocycles. The van der Waals surface area contributed by atoms with Gasteiger partial charge in [-0.2, -0.15) is 0 Å². The maximum Gasteiger partial charge on any atom is 0.236 e. The Morgan fingerprint density at radius 2 is 1.77 bits per heavy atom. The van der Waals surface area contributed by atoms with Crippen LogP contribution in [0, 0.1) is 11.8 Å². The minimum Gasteiger partial charge on any atom is -0.488 e. The summed E-state index contributed by atoms with van der Waals surface area (Å²) in [4.78, 5) is 17.2. The van der Waals surface area contributed by atoms with Crippen molar-refractivity contribution < 1.29 is 24.1 Å². The lowest BCUT2D eigenvalue weighted by molar-refractivity contribution is -0.131. The SMILES string of the molecule is O=C(CN1CCCCCC1)N1C[C@H]2C[C@@H](Oc3ccc4c(c3)OCO4)[C@H](O)C[C@H]2C1. The highest BCUT2D eigenvalue weighted by Crippen LogP contribution is 2.40. The predicted octanol–water partition coefficient (Wildman–Crippen LogP) is 2.27. The van der Waals surface area contributed by atoms with E-state index in [1.165, 1.54) is 25.7 Å². The number of hydrogen-bond donors (Lipinski definition) is 1. The summed E-state index contributed by atoms with van der Waals surface area (Å²) in [5, 5.41) is 10.7. The maximum absolute atomic E-state index is 12.9. The molecule has 3 fully saturated rings. The van der Waals surface area contributed by atoms with E-state index in [0.717, 1.165) is 38.3 Å². The molecule has 1 saturated carbocycles. The number of ether oxygens (including phenoxy) is 3. The van der Waals surface area contributed by atoms with Crippen LogP contribution in [0.1, 0.15) is 38.5 Å². The van der Waals surface area contributed by atoms with E-state index < -0.39 is 6.10 Å². The van der Waals surface area contributed by atoms with Crippen molar-refractivity contribution in [3.8, 4) is 17.2 Å². The van der Waals surface area contributed by atoms with Gasteiger partial charge in [-0.1, -0.05) is 12.8 Å². The van der Waals surface area contributed by atoms with Gasteiger partial charge in [0.05, 0.1) is 12.6 Å². The van der Waals surface area contributed by atoms with Gasteiger partial charge in [0.2, 0.25) is 12.7 Å². The second-order valence-electron chi connectivity index (χ2n) is 9.22. The fraction of sp³-hybridized carbons (Fsp3) is 0.696. The summed E-state index contributed by atoms with van der Waals surface area (Å²) in [5.41, 5.74) is 0. The maximum atomic E-state index is 12.9. The number of aliphatic hydroxyl groups excluding tert-OH is 1. The molecule has 0 spiro atoms. The fourth-order valence-corrected chi connectivity index (χ4v) is 5.43. The van der Waals surface area contributed by atoms with Crippen molar-refractivity contribution >= 4 is 5.91 Å². The van der Waals surface area contributed by atoms with Crippen LogP contribution in [0.4, 0.5) is 0 Å². The van der Waals surface area contributed by atoms with Crippen LogP contribution < -0.4 is 14.2 Å². The van der Waals surface area contributed by atoms with Crippen LogP contribution in [0.3, 0.4) is 0 Å². The van der Waals surface area contributed by atoms with E-state index >= 15 is 0 Å². The van der Waals surface area contributed by atoms with E-state index in [0.29, 0.717) is 36.3 Å². The summed E-state index contributed by atoms with van der Waals surface area (Å²) in [6.07, 6.45) is 5.64. The van der Waals surface area contributed by atoms with Crippen molar-refractivity contribution in [2.75, 3.05) is 39.5 Å². The largest absolute Gasteiger partial charge is 0.488 e. The van der Waals surface area contributed by atoms with Gasteiger partial charge in [-0.05, 0) is 62.7 Å². The van der Waals surface area contributed by atoms with Crippen molar-refractivity contribution in [1.29, 1.82) is 0 Å². The van der Waals surface area contributed by atoms with E-state index in [4.69, 9.17) is 14.2 Å². The van der Waals surface area contributed by atoms with Gasteiger partial charge >= 0.3 is 0 Å². The Balaban J connectivity index is 1.17. The molecule has 1 aromatic rings. The number of amides is 1. The Hall–Kier alpha value is -1.99. The Morgan fingerprint density at radius 3 is 2.57 bits per heavy atom. The first kappa shape index (κ1) is 19.9. The standard InChI is InChI=1S/C23H32N2O5/c26-19-9-16-12-25(23(27)14-24-7-3-1-2-4-8-24)13-17(16)10-21(19)30-18-5-6-20-22(11-18)29-15-28-20/h5-6,11,16-17,19,21,26H,1-4,7-10,12-15H2/t16-,17+,19+,21+/m0/s1. The van der Waals surface area contributed by atoms with Crippen LogP contribution in [-0.4, -0.2) is 72.5 Å². The van der Waals surface area contributed by atoms with E-state index in [1.807, 2.05) is 23.1 Å². The summed E-state index contributed by atoms with van der Waals surface area (Å²) in [6, 6.07) is 5.53. The van der Waals surface area contributed by atoms with E-state index in [1.54, 1.807) is 0 Å². The zero-order valence-electron chi connectivity index (χ0n) is 17.5. The number of aliphatic hydroxyl groups is 1. The highest BCUT2D eigenvalue weighted by Gasteiger charge is 2.44. The molecule has 7 heteroatoms. The van der Waals surface area contributed by atoms with Crippen molar-refractivity contribution in [2.24, 2.45) is 11.8 Å². The monoisotopic (exact) mass is 416 g/mol. The zero-order chi connectivity index (χ0) is 20.5. The summed E-state index contributed by atoms with van der Waals surface area (Å²) in [7, 11) is 0. The summed E-state index contributed by atoms with van der Waals surface area (Å²) >= 11 is 0. The Bertz CT molecular complexity index is 764. The lowest BCUT2D eigenvalue weighted by atomic mass is 9.78. The average Bonchev–Trinajstić information content (AvgIpc) is 3.28. The minimum absolute atomic E-state index is 0.232. The van der Waals surface area contributed by atoms with Crippen molar-refractivity contribution in [3.63, 3.8) is 0 Å². The first-order valence-corrected chi connectivity index (χ1v) is 11.4. The number of carbonyl (C=O) groups is 1. The molecule has 1 N–H and O–H groups in total. The van der Waals surface area contributed by atoms with Gasteiger partial charge in [-0.25, -0.2) is 0 Å². The molecule has 3 heterocycles. The molecule has 7 nitrogen and oxygen atoms in total. The topological polar surface area (TPSA) is 71.5 Å². The molecule has 0 bridgehead atoms. The van der Waals surface area contributed by atoms with Gasteiger partial charge in [0.15, 0.2) is 11.5 Å². The lowest BCUT2D eigenvalue weighted by Crippen LogP contribution is -2.42. The van der Waals surface area contributed by atoms with Crippen LogP contribution >= 0.6 is 0 Å². The molecule has 30 heavy (non-hydrogen) atoms. The Labute approximate surface area is 177 Å². The third-order valence-corrected chi connectivity index (χ3v) is 7.13. The van der Waals surface area contributed by atoms with Crippen molar-refractivity contribution in [3.05, 3.63) is 18.2 Å². The number of benzene rings is 1. The second-order valence-corrected chi connectivity index (χ2v) is 9.22. The van der Waals surface area contributed by atoms with Gasteiger partial charge in [-0.3, -0.25) is 9.69 Å². The van der Waals surface area contributed by atoms with E-state index in [2.05, 4.69) is 4.90 Å². The molecular weight excluding hydrogens is 384 g/mol. The molecule has 0 radical (unpaired) electrons. The lowest BCUT2D eigenvalue weighted by Gasteiger charge is -2.35. The molecule has 1 aliphatic carbocycles. The number of nitrogens with zero attached hydrogens (tertiary/aromatic N) is 2. The van der Waals surface area contributed by atoms with Crippen LogP contribution in [0.2, 0.25) is 0 Å². The van der Waals surface area contributed by atoms with Crippen LogP contribution in [-0.2, 0) is 4.79 Å². The van der Waals surface area contributed by atoms with Gasteiger partial charge in [0, 0.05) is 19.2 Å². The third kappa shape index (κ3) is 4.23. The highest BCUT2D eigenvalue weighted by atomic mass is 16.7. The smallest absolute Gasteiger partial charge is 0.236 e. The molecule has 0 unspecified atom stereocenters. The number of fused-ring (bicyclic) bond motifs is 2. The first-order valence-electron chi connectivity index (χ1n) is 11.4. The van der Waals surface area contributed by atoms with Gasteiger partial charge in [-0.15, -0.1) is 0 Å². The molecule has 164 valence electrons. The molecular formula is C23H32N2O5. The number of likely N-dealkylation sites (tertiary alicyclic amines) is 2. The van der Waals surface area contributed by atoms with Gasteiger partial charge < -0.3 is 24.2 Å². The Morgan fingerprint density at radius 1 is 1.03 bits per heavy atom. The normalized spacial score (nSPS) is 31.3. The summed E-state index contributed by atoms with van der Waals surface area (Å²) in [5.74, 6) is 3.09. The molecule has 5 rings (SSSR count). The van der Waals surface area contributed by atoms with Gasteiger partial charge in [0.1, 0.15) is 11.9 Å². The fourth-order valence-electron chi connectivity index (χ4n) is 5.43. The summed E-state index contributed by atoms with van der Waals surface area (Å²) < 4.78 is 16.9. The molecule has 4 atom stereocenters. The first-order chi connectivity index (χ1) is 14.7. The van der Waals surface area contributed by atoms with Crippen molar-refractivity contribution in [2.45, 2.75) is 50.7 Å². The molecule has 1 amide bonds. The second kappa shape index (κ2) is 8.63. The van der Waals surface area contributed by atoms with Gasteiger partial charge in [0.25, 0.3) is 0 Å². The molecule has 0 aromatic heterocycles. The average molecular weight is 417 g/mol. The molecule has 2 saturated heterocycles. The Kier molecular flexibility index (Phi) is 5.74. The zero-order valence-corrected chi connectivity index (χ0v) is 17.5.